The zero-order chi connectivity index (χ0) is 10.8. The zero-order valence-corrected chi connectivity index (χ0v) is 9.19. The molecule has 2 nitrogen and oxygen atoms in total. The van der Waals surface area contributed by atoms with Crippen LogP contribution in [0.3, 0.4) is 0 Å². The first-order chi connectivity index (χ1) is 7.24. The van der Waals surface area contributed by atoms with Gasteiger partial charge in [-0.25, -0.2) is 0 Å². The van der Waals surface area contributed by atoms with E-state index in [1.165, 1.54) is 5.56 Å². The molecular formula is C13H16O2. The summed E-state index contributed by atoms with van der Waals surface area (Å²) in [6.45, 7) is 4.33. The van der Waals surface area contributed by atoms with Crippen LogP contribution in [0.2, 0.25) is 0 Å². The van der Waals surface area contributed by atoms with Crippen LogP contribution in [-0.2, 0) is 4.79 Å². The lowest BCUT2D eigenvalue weighted by Crippen LogP contribution is -1.98. The third kappa shape index (κ3) is 2.04. The molecule has 1 aromatic carbocycles. The average Bonchev–Trinajstić information content (AvgIpc) is 2.99. The number of benzene rings is 1. The fourth-order valence-electron chi connectivity index (χ4n) is 2.06. The minimum Gasteiger partial charge on any atom is -0.494 e. The Morgan fingerprint density at radius 3 is 2.80 bits per heavy atom. The van der Waals surface area contributed by atoms with E-state index in [0.717, 1.165) is 12.2 Å². The molecule has 0 heterocycles. The first-order valence-corrected chi connectivity index (χ1v) is 5.46. The number of para-hydroxylation sites is 1. The van der Waals surface area contributed by atoms with E-state index >= 15 is 0 Å². The van der Waals surface area contributed by atoms with Crippen molar-refractivity contribution >= 4 is 5.78 Å². The first kappa shape index (κ1) is 10.2. The lowest BCUT2D eigenvalue weighted by atomic mass is 10.1. The maximum atomic E-state index is 11.2. The predicted octanol–water partition coefficient (Wildman–Crippen LogP) is 2.78. The van der Waals surface area contributed by atoms with E-state index in [0.29, 0.717) is 18.3 Å². The van der Waals surface area contributed by atoms with Crippen LogP contribution in [0.1, 0.15) is 31.7 Å². The summed E-state index contributed by atoms with van der Waals surface area (Å²) in [6.07, 6.45) is 0.986. The van der Waals surface area contributed by atoms with Crippen molar-refractivity contribution in [1.82, 2.24) is 0 Å². The molecule has 2 rings (SSSR count). The fraction of sp³-hybridized carbons (Fsp3) is 0.462. The normalized spacial score (nSPS) is 23.6. The van der Waals surface area contributed by atoms with Crippen molar-refractivity contribution in [2.45, 2.75) is 26.2 Å². The van der Waals surface area contributed by atoms with Crippen molar-refractivity contribution in [3.8, 4) is 5.75 Å². The van der Waals surface area contributed by atoms with Gasteiger partial charge < -0.3 is 4.74 Å². The highest BCUT2D eigenvalue weighted by molar-refractivity contribution is 5.82. The topological polar surface area (TPSA) is 26.3 Å². The molecule has 0 unspecified atom stereocenters. The van der Waals surface area contributed by atoms with Crippen LogP contribution in [0.25, 0.3) is 0 Å². The summed E-state index contributed by atoms with van der Waals surface area (Å²) >= 11 is 0. The molecule has 1 fully saturated rings. The average molecular weight is 204 g/mol. The highest BCUT2D eigenvalue weighted by atomic mass is 16.5. The molecule has 0 N–H and O–H groups in total. The molecule has 1 aromatic rings. The summed E-state index contributed by atoms with van der Waals surface area (Å²) in [5.74, 6) is 1.86. The van der Waals surface area contributed by atoms with Crippen LogP contribution >= 0.6 is 0 Å². The highest BCUT2D eigenvalue weighted by Gasteiger charge is 2.43. The lowest BCUT2D eigenvalue weighted by Gasteiger charge is -2.08. The Kier molecular flexibility index (Phi) is 2.76. The second-order valence-corrected chi connectivity index (χ2v) is 4.03. The number of carbonyl (C=O) groups excluding carboxylic acids is 1. The molecular weight excluding hydrogens is 188 g/mol. The van der Waals surface area contributed by atoms with Crippen LogP contribution in [0.15, 0.2) is 24.3 Å². The van der Waals surface area contributed by atoms with Crippen molar-refractivity contribution < 1.29 is 9.53 Å². The van der Waals surface area contributed by atoms with Gasteiger partial charge in [0.2, 0.25) is 0 Å². The molecule has 2 heteroatoms. The van der Waals surface area contributed by atoms with E-state index in [9.17, 15) is 4.79 Å². The zero-order valence-electron chi connectivity index (χ0n) is 9.19. The van der Waals surface area contributed by atoms with Gasteiger partial charge in [0, 0.05) is 5.92 Å². The van der Waals surface area contributed by atoms with Crippen molar-refractivity contribution in [2.75, 3.05) is 6.61 Å². The lowest BCUT2D eigenvalue weighted by molar-refractivity contribution is -0.118. The Morgan fingerprint density at radius 1 is 1.47 bits per heavy atom. The van der Waals surface area contributed by atoms with Gasteiger partial charge in [-0.1, -0.05) is 18.2 Å². The largest absolute Gasteiger partial charge is 0.494 e. The number of ether oxygens (including phenoxy) is 1. The predicted molar refractivity (Wildman–Crippen MR) is 59.1 cm³/mol. The Labute approximate surface area is 90.3 Å². The van der Waals surface area contributed by atoms with Gasteiger partial charge in [-0.3, -0.25) is 4.79 Å². The Hall–Kier alpha value is -1.31. The van der Waals surface area contributed by atoms with E-state index in [4.69, 9.17) is 4.74 Å². The minimum atomic E-state index is 0.228. The van der Waals surface area contributed by atoms with Crippen molar-refractivity contribution in [3.05, 3.63) is 29.8 Å². The number of hydrogen-bond donors (Lipinski definition) is 0. The summed E-state index contributed by atoms with van der Waals surface area (Å²) in [5.41, 5.74) is 1.19. The van der Waals surface area contributed by atoms with Gasteiger partial charge in [-0.15, -0.1) is 0 Å². The van der Waals surface area contributed by atoms with Crippen LogP contribution in [-0.4, -0.2) is 12.4 Å². The molecule has 0 aromatic heterocycles. The Bertz CT molecular complexity index is 371. The Morgan fingerprint density at radius 2 is 2.20 bits per heavy atom. The molecule has 0 aliphatic heterocycles. The van der Waals surface area contributed by atoms with Crippen molar-refractivity contribution in [3.63, 3.8) is 0 Å². The van der Waals surface area contributed by atoms with Gasteiger partial charge in [0.25, 0.3) is 0 Å². The third-order valence-corrected chi connectivity index (χ3v) is 2.93. The SMILES string of the molecule is CCOc1ccccc1[C@H]1C[C@H]1C(C)=O. The van der Waals surface area contributed by atoms with E-state index in [-0.39, 0.29) is 5.92 Å². The van der Waals surface area contributed by atoms with E-state index in [1.54, 1.807) is 6.92 Å². The summed E-state index contributed by atoms with van der Waals surface area (Å²) in [5, 5.41) is 0. The molecule has 0 amide bonds. The second-order valence-electron chi connectivity index (χ2n) is 4.03. The maximum absolute atomic E-state index is 11.2. The van der Waals surface area contributed by atoms with Gasteiger partial charge >= 0.3 is 0 Å². The van der Waals surface area contributed by atoms with Crippen LogP contribution in [0.5, 0.6) is 5.75 Å². The van der Waals surface area contributed by atoms with Crippen molar-refractivity contribution in [2.24, 2.45) is 5.92 Å². The number of carbonyl (C=O) groups is 1. The highest BCUT2D eigenvalue weighted by Crippen LogP contribution is 2.50. The Balaban J connectivity index is 2.18. The third-order valence-electron chi connectivity index (χ3n) is 2.93. The molecule has 0 spiro atoms. The van der Waals surface area contributed by atoms with E-state index < -0.39 is 0 Å². The van der Waals surface area contributed by atoms with Crippen LogP contribution in [0, 0.1) is 5.92 Å². The van der Waals surface area contributed by atoms with Gasteiger partial charge in [0.1, 0.15) is 11.5 Å². The molecule has 15 heavy (non-hydrogen) atoms. The number of ketones is 1. The number of rotatable bonds is 4. The van der Waals surface area contributed by atoms with Gasteiger partial charge in [-0.05, 0) is 37.8 Å². The second kappa shape index (κ2) is 4.05. The fourth-order valence-corrected chi connectivity index (χ4v) is 2.06. The molecule has 1 aliphatic carbocycles. The van der Waals surface area contributed by atoms with Crippen LogP contribution in [0.4, 0.5) is 0 Å². The van der Waals surface area contributed by atoms with Gasteiger partial charge in [0.05, 0.1) is 6.61 Å². The van der Waals surface area contributed by atoms with Crippen molar-refractivity contribution in [1.29, 1.82) is 0 Å². The summed E-state index contributed by atoms with van der Waals surface area (Å²) < 4.78 is 5.56. The monoisotopic (exact) mass is 204 g/mol. The minimum absolute atomic E-state index is 0.228. The molecule has 80 valence electrons. The standard InChI is InChI=1S/C13H16O2/c1-3-15-13-7-5-4-6-10(13)12-8-11(12)9(2)14/h4-7,11-12H,3,8H2,1-2H3/t11-,12+/m0/s1. The molecule has 1 aliphatic rings. The molecule has 2 atom stereocenters. The molecule has 0 radical (unpaired) electrons. The molecule has 0 saturated heterocycles. The van der Waals surface area contributed by atoms with Gasteiger partial charge in [0.15, 0.2) is 0 Å². The molecule has 0 bridgehead atoms. The summed E-state index contributed by atoms with van der Waals surface area (Å²) in [6, 6.07) is 8.03. The van der Waals surface area contributed by atoms with Crippen LogP contribution < -0.4 is 4.74 Å². The quantitative estimate of drug-likeness (QED) is 0.753. The molecule has 1 saturated carbocycles. The van der Waals surface area contributed by atoms with E-state index in [1.807, 2.05) is 25.1 Å². The summed E-state index contributed by atoms with van der Waals surface area (Å²) in [7, 11) is 0. The van der Waals surface area contributed by atoms with E-state index in [2.05, 4.69) is 6.07 Å². The summed E-state index contributed by atoms with van der Waals surface area (Å²) in [4.78, 5) is 11.2. The number of Topliss-reactive ketones (excluding diaryl/α,β-unsaturated/α-hetero) is 1. The first-order valence-electron chi connectivity index (χ1n) is 5.46. The number of hydrogen-bond acceptors (Lipinski definition) is 2. The maximum Gasteiger partial charge on any atom is 0.133 e. The van der Waals surface area contributed by atoms with Gasteiger partial charge in [-0.2, -0.15) is 0 Å². The smallest absolute Gasteiger partial charge is 0.133 e.